The van der Waals surface area contributed by atoms with Crippen LogP contribution in [0.2, 0.25) is 0 Å². The first-order valence-electron chi connectivity index (χ1n) is 20.4. The van der Waals surface area contributed by atoms with Crippen LogP contribution in [0.5, 0.6) is 0 Å². The van der Waals surface area contributed by atoms with Crippen LogP contribution in [-0.2, 0) is 12.1 Å². The van der Waals surface area contributed by atoms with Gasteiger partial charge >= 0.3 is 0 Å². The molecule has 278 valence electrons. The van der Waals surface area contributed by atoms with E-state index in [2.05, 4.69) is 161 Å². The summed E-state index contributed by atoms with van der Waals surface area (Å²) in [6.07, 6.45) is 14.1. The Hall–Kier alpha value is -7.56. The third-order valence-corrected chi connectivity index (χ3v) is 13.0. The van der Waals surface area contributed by atoms with Gasteiger partial charge in [-0.3, -0.25) is 4.99 Å². The molecule has 2 atom stereocenters. The molecule has 2 aliphatic carbocycles. The lowest BCUT2D eigenvalue weighted by Gasteiger charge is -2.33. The zero-order valence-electron chi connectivity index (χ0n) is 32.2. The van der Waals surface area contributed by atoms with Crippen molar-refractivity contribution >= 4 is 55.8 Å². The van der Waals surface area contributed by atoms with Gasteiger partial charge in [0.25, 0.3) is 0 Å². The first-order chi connectivity index (χ1) is 29.0. The van der Waals surface area contributed by atoms with E-state index in [0.717, 1.165) is 79.9 Å². The number of aryl methyl sites for hydroxylation is 1. The molecule has 2 aliphatic heterocycles. The van der Waals surface area contributed by atoms with Gasteiger partial charge in [0.2, 0.25) is 0 Å². The van der Waals surface area contributed by atoms with Gasteiger partial charge in [-0.15, -0.1) is 0 Å². The molecule has 7 nitrogen and oxygen atoms in total. The fourth-order valence-electron chi connectivity index (χ4n) is 10.3. The predicted molar refractivity (Wildman–Crippen MR) is 236 cm³/mol. The van der Waals surface area contributed by atoms with E-state index in [1.165, 1.54) is 44.4 Å². The Morgan fingerprint density at radius 3 is 2.37 bits per heavy atom. The second-order valence-corrected chi connectivity index (χ2v) is 16.4. The molecular formula is C52H35N7. The van der Waals surface area contributed by atoms with Crippen molar-refractivity contribution in [3.05, 3.63) is 173 Å². The van der Waals surface area contributed by atoms with E-state index in [9.17, 15) is 5.26 Å². The maximum absolute atomic E-state index is 10.3. The highest BCUT2D eigenvalue weighted by molar-refractivity contribution is 6.14. The molecule has 0 fully saturated rings. The summed E-state index contributed by atoms with van der Waals surface area (Å²) in [6.45, 7) is 2.18. The van der Waals surface area contributed by atoms with Crippen molar-refractivity contribution in [3.63, 3.8) is 0 Å². The van der Waals surface area contributed by atoms with E-state index in [0.29, 0.717) is 11.4 Å². The van der Waals surface area contributed by atoms with Crippen molar-refractivity contribution in [1.29, 1.82) is 5.26 Å². The van der Waals surface area contributed by atoms with Crippen molar-refractivity contribution in [1.82, 2.24) is 24.3 Å². The van der Waals surface area contributed by atoms with Gasteiger partial charge in [0.05, 0.1) is 38.9 Å². The molecule has 6 heterocycles. The lowest BCUT2D eigenvalue weighted by Crippen LogP contribution is -2.48. The Balaban J connectivity index is 0.914. The fraction of sp³-hybridized carbons (Fsp3) is 0.115. The third kappa shape index (κ3) is 4.49. The number of rotatable bonds is 4. The van der Waals surface area contributed by atoms with Crippen molar-refractivity contribution in [2.24, 2.45) is 10.9 Å². The minimum absolute atomic E-state index is 0.257. The summed E-state index contributed by atoms with van der Waals surface area (Å²) in [7, 11) is 0. The molecule has 2 unspecified atom stereocenters. The Morgan fingerprint density at radius 2 is 1.51 bits per heavy atom. The predicted octanol–water partition coefficient (Wildman–Crippen LogP) is 9.89. The molecule has 0 bridgehead atoms. The van der Waals surface area contributed by atoms with E-state index >= 15 is 0 Å². The summed E-state index contributed by atoms with van der Waals surface area (Å²) in [5, 5.41) is 18.8. The first-order valence-corrected chi connectivity index (χ1v) is 20.4. The van der Waals surface area contributed by atoms with Crippen molar-refractivity contribution in [2.75, 3.05) is 0 Å². The number of nitriles is 1. The van der Waals surface area contributed by atoms with Crippen molar-refractivity contribution in [2.45, 2.75) is 31.8 Å². The average Bonchev–Trinajstić information content (AvgIpc) is 4.02. The normalized spacial score (nSPS) is 18.8. The molecule has 13 rings (SSSR count). The summed E-state index contributed by atoms with van der Waals surface area (Å²) in [5.74, 6) is 0.955. The van der Waals surface area contributed by atoms with Gasteiger partial charge in [0.1, 0.15) is 11.0 Å². The highest BCUT2D eigenvalue weighted by Crippen LogP contribution is 2.42. The Labute approximate surface area is 339 Å². The highest BCUT2D eigenvalue weighted by atomic mass is 15.2. The smallest absolute Gasteiger partial charge is 0.160 e. The number of fused-ring (bicyclic) bond motifs is 12. The quantitative estimate of drug-likeness (QED) is 0.194. The second-order valence-electron chi connectivity index (χ2n) is 16.4. The minimum atomic E-state index is -0.703. The molecule has 59 heavy (non-hydrogen) atoms. The minimum Gasteiger partial charge on any atom is -0.359 e. The molecule has 0 amide bonds. The van der Waals surface area contributed by atoms with Crippen LogP contribution in [-0.4, -0.2) is 18.9 Å². The lowest BCUT2D eigenvalue weighted by molar-refractivity contribution is 0.419. The first kappa shape index (κ1) is 32.5. The van der Waals surface area contributed by atoms with Crippen LogP contribution < -0.4 is 16.0 Å². The number of aromatic nitrogens is 4. The largest absolute Gasteiger partial charge is 0.359 e. The van der Waals surface area contributed by atoms with Gasteiger partial charge in [-0.05, 0) is 103 Å². The Morgan fingerprint density at radius 1 is 0.763 bits per heavy atom. The summed E-state index contributed by atoms with van der Waals surface area (Å²) in [4.78, 5) is 16.0. The molecule has 4 aromatic heterocycles. The number of para-hydroxylation sites is 2. The van der Waals surface area contributed by atoms with E-state index in [1.807, 2.05) is 12.1 Å². The molecule has 4 aliphatic rings. The molecule has 9 aromatic rings. The van der Waals surface area contributed by atoms with Crippen LogP contribution in [0.1, 0.15) is 42.1 Å². The van der Waals surface area contributed by atoms with Gasteiger partial charge in [-0.2, -0.15) is 5.26 Å². The number of hydrogen-bond acceptors (Lipinski definition) is 5. The van der Waals surface area contributed by atoms with Crippen molar-refractivity contribution in [3.8, 4) is 39.7 Å². The summed E-state index contributed by atoms with van der Waals surface area (Å²) < 4.78 is 4.79. The molecule has 5 aromatic carbocycles. The molecule has 0 radical (unpaired) electrons. The SMILES string of the molecule is CC1(c2cccc(-c3cc(C#N)cc(-c4cccc(-c5nc6c7c(n8c9ccccc9c(n5)c68)CCC=C7)c4)c3)c2)N=c2c3n(c4ccccc24)C2=CC=CCC2C=3N1. The average molecular weight is 758 g/mol. The highest BCUT2D eigenvalue weighted by Gasteiger charge is 2.40. The standard InChI is InChI=1S/C52H35N7/c1-52(56-47-39-18-4-8-22-43(39)59-44-23-9-5-19-40(44)48(57-52)50(47)59)36-15-11-13-32(28-36)35-25-30(29-53)24-34(27-35)31-12-10-14-33(26-31)51-54-45-37-16-2-6-20-41(37)58-42-21-7-3-17-38(42)46(55-51)49(45)58/h2-6,8-18,20,22-28,40,57H,7,19,21H2,1H3. The monoisotopic (exact) mass is 757 g/mol. The van der Waals surface area contributed by atoms with Gasteiger partial charge in [0.15, 0.2) is 11.5 Å². The van der Waals surface area contributed by atoms with Crippen LogP contribution in [0.3, 0.4) is 0 Å². The third-order valence-electron chi connectivity index (χ3n) is 13.0. The van der Waals surface area contributed by atoms with Gasteiger partial charge < -0.3 is 14.3 Å². The maximum Gasteiger partial charge on any atom is 0.160 e. The van der Waals surface area contributed by atoms with Gasteiger partial charge in [-0.1, -0.05) is 97.1 Å². The molecular weight excluding hydrogens is 723 g/mol. The summed E-state index contributed by atoms with van der Waals surface area (Å²) in [5.41, 5.74) is 16.4. The fourth-order valence-corrected chi connectivity index (χ4v) is 10.3. The van der Waals surface area contributed by atoms with E-state index in [1.54, 1.807) is 0 Å². The number of allylic oxidation sites excluding steroid dienone is 4. The topological polar surface area (TPSA) is 83.3 Å². The summed E-state index contributed by atoms with van der Waals surface area (Å²) >= 11 is 0. The number of benzene rings is 5. The molecule has 0 saturated carbocycles. The van der Waals surface area contributed by atoms with Crippen LogP contribution in [0.25, 0.3) is 89.5 Å². The lowest BCUT2D eigenvalue weighted by atomic mass is 9.90. The van der Waals surface area contributed by atoms with E-state index < -0.39 is 5.66 Å². The number of nitrogens with one attached hydrogen (secondary N) is 1. The maximum atomic E-state index is 10.3. The van der Waals surface area contributed by atoms with Gasteiger partial charge in [-0.25, -0.2) is 9.97 Å². The second kappa shape index (κ2) is 11.7. The zero-order valence-corrected chi connectivity index (χ0v) is 32.2. The molecule has 0 saturated heterocycles. The van der Waals surface area contributed by atoms with Crippen LogP contribution in [0.15, 0.2) is 145 Å². The molecule has 7 heteroatoms. The molecule has 0 spiro atoms. The number of nitrogens with zero attached hydrogens (tertiary/aromatic N) is 6. The Kier molecular flexibility index (Phi) is 6.48. The molecule has 1 N–H and O–H groups in total. The van der Waals surface area contributed by atoms with E-state index in [4.69, 9.17) is 15.0 Å². The Bertz CT molecular complexity index is 3610. The van der Waals surface area contributed by atoms with Gasteiger partial charge in [0, 0.05) is 44.9 Å². The summed E-state index contributed by atoms with van der Waals surface area (Å²) in [6, 6.07) is 42.8. The number of hydrogen-bond donors (Lipinski definition) is 1. The van der Waals surface area contributed by atoms with E-state index in [-0.39, 0.29) is 5.92 Å². The van der Waals surface area contributed by atoms with Crippen LogP contribution in [0, 0.1) is 17.2 Å². The van der Waals surface area contributed by atoms with Crippen molar-refractivity contribution < 1.29 is 0 Å². The van der Waals surface area contributed by atoms with Crippen LogP contribution >= 0.6 is 0 Å². The van der Waals surface area contributed by atoms with Crippen LogP contribution in [0.4, 0.5) is 0 Å². The zero-order chi connectivity index (χ0) is 39.0.